The topological polar surface area (TPSA) is 73.6 Å². The molecular weight excluding hydrogens is 336 g/mol. The second kappa shape index (κ2) is 6.49. The van der Waals surface area contributed by atoms with Crippen LogP contribution in [0, 0.1) is 0 Å². The third-order valence-electron chi connectivity index (χ3n) is 2.91. The lowest BCUT2D eigenvalue weighted by molar-refractivity contribution is 0.102. The van der Waals surface area contributed by atoms with Gasteiger partial charge in [0.2, 0.25) is 0 Å². The first kappa shape index (κ1) is 15.2. The van der Waals surface area contributed by atoms with Crippen LogP contribution in [0.2, 0.25) is 0 Å². The number of carbonyl (C=O) groups excluding carboxylic acids is 1. The van der Waals surface area contributed by atoms with Crippen LogP contribution in [0.4, 0.5) is 11.4 Å². The number of benzene rings is 2. The summed E-state index contributed by atoms with van der Waals surface area (Å²) in [6, 6.07) is 10.2. The fraction of sp³-hybridized carbons (Fsp3) is 0.133. The van der Waals surface area contributed by atoms with Crippen molar-refractivity contribution >= 4 is 33.2 Å². The van der Waals surface area contributed by atoms with Gasteiger partial charge in [-0.2, -0.15) is 0 Å². The van der Waals surface area contributed by atoms with Crippen LogP contribution in [-0.4, -0.2) is 20.1 Å². The molecule has 0 aliphatic rings. The van der Waals surface area contributed by atoms with E-state index in [1.54, 1.807) is 50.6 Å². The summed E-state index contributed by atoms with van der Waals surface area (Å²) >= 11 is 3.36. The van der Waals surface area contributed by atoms with Crippen LogP contribution in [0.5, 0.6) is 11.5 Å². The third kappa shape index (κ3) is 3.46. The Morgan fingerprint density at radius 2 is 1.90 bits per heavy atom. The molecule has 0 aliphatic heterocycles. The molecule has 6 heteroatoms. The number of rotatable bonds is 4. The molecule has 110 valence electrons. The maximum Gasteiger partial charge on any atom is 0.257 e. The molecule has 2 aromatic carbocycles. The summed E-state index contributed by atoms with van der Waals surface area (Å²) in [4.78, 5) is 12.2. The summed E-state index contributed by atoms with van der Waals surface area (Å²) in [5.41, 5.74) is 7.22. The standard InChI is InChI=1S/C15H15BrN2O3/c1-20-10-4-5-11(13(17)8-10)15(19)18-9-3-6-12(16)14(7-9)21-2/h3-8H,17H2,1-2H3,(H,18,19). The van der Waals surface area contributed by atoms with E-state index in [1.165, 1.54) is 0 Å². The predicted molar refractivity (Wildman–Crippen MR) is 86.1 cm³/mol. The van der Waals surface area contributed by atoms with Gasteiger partial charge in [-0.3, -0.25) is 4.79 Å². The fourth-order valence-electron chi connectivity index (χ4n) is 1.81. The molecular formula is C15H15BrN2O3. The largest absolute Gasteiger partial charge is 0.497 e. The summed E-state index contributed by atoms with van der Waals surface area (Å²) in [6.07, 6.45) is 0. The van der Waals surface area contributed by atoms with Crippen LogP contribution >= 0.6 is 15.9 Å². The first-order valence-electron chi connectivity index (χ1n) is 6.13. The van der Waals surface area contributed by atoms with Gasteiger partial charge in [-0.25, -0.2) is 0 Å². The zero-order chi connectivity index (χ0) is 15.4. The number of hydrogen-bond donors (Lipinski definition) is 2. The number of amides is 1. The predicted octanol–water partition coefficient (Wildman–Crippen LogP) is 3.30. The van der Waals surface area contributed by atoms with E-state index in [1.807, 2.05) is 0 Å². The van der Waals surface area contributed by atoms with E-state index in [0.717, 1.165) is 4.47 Å². The minimum atomic E-state index is -0.292. The molecule has 0 aromatic heterocycles. The smallest absolute Gasteiger partial charge is 0.257 e. The molecule has 5 nitrogen and oxygen atoms in total. The van der Waals surface area contributed by atoms with E-state index < -0.39 is 0 Å². The van der Waals surface area contributed by atoms with Crippen LogP contribution < -0.4 is 20.5 Å². The summed E-state index contributed by atoms with van der Waals surface area (Å²) < 4.78 is 11.1. The van der Waals surface area contributed by atoms with Crippen LogP contribution in [0.15, 0.2) is 40.9 Å². The van der Waals surface area contributed by atoms with Gasteiger partial charge in [-0.1, -0.05) is 0 Å². The van der Waals surface area contributed by atoms with Crippen LogP contribution in [0.25, 0.3) is 0 Å². The van der Waals surface area contributed by atoms with Crippen molar-refractivity contribution in [3.8, 4) is 11.5 Å². The number of nitrogens with one attached hydrogen (secondary N) is 1. The monoisotopic (exact) mass is 350 g/mol. The highest BCUT2D eigenvalue weighted by atomic mass is 79.9. The fourth-order valence-corrected chi connectivity index (χ4v) is 2.22. The minimum absolute atomic E-state index is 0.292. The first-order valence-corrected chi connectivity index (χ1v) is 6.93. The number of anilines is 2. The SMILES string of the molecule is COc1ccc(C(=O)Nc2ccc(Br)c(OC)c2)c(N)c1. The lowest BCUT2D eigenvalue weighted by atomic mass is 10.1. The number of halogens is 1. The highest BCUT2D eigenvalue weighted by Crippen LogP contribution is 2.28. The summed E-state index contributed by atoms with van der Waals surface area (Å²) in [5, 5.41) is 2.78. The first-order chi connectivity index (χ1) is 10.0. The number of methoxy groups -OCH3 is 2. The summed E-state index contributed by atoms with van der Waals surface area (Å²) in [6.45, 7) is 0. The van der Waals surface area contributed by atoms with E-state index in [0.29, 0.717) is 28.4 Å². The minimum Gasteiger partial charge on any atom is -0.497 e. The normalized spacial score (nSPS) is 10.0. The van der Waals surface area contributed by atoms with Crippen molar-refractivity contribution in [2.45, 2.75) is 0 Å². The molecule has 0 aliphatic carbocycles. The van der Waals surface area contributed by atoms with Crippen molar-refractivity contribution in [2.24, 2.45) is 0 Å². The Kier molecular flexibility index (Phi) is 4.70. The molecule has 0 saturated heterocycles. The Balaban J connectivity index is 2.22. The number of hydrogen-bond acceptors (Lipinski definition) is 4. The number of nitrogens with two attached hydrogens (primary N) is 1. The molecule has 0 fully saturated rings. The average Bonchev–Trinajstić information content (AvgIpc) is 2.48. The van der Waals surface area contributed by atoms with Gasteiger partial charge < -0.3 is 20.5 Å². The molecule has 0 atom stereocenters. The summed E-state index contributed by atoms with van der Waals surface area (Å²) in [5.74, 6) is 0.949. The van der Waals surface area contributed by atoms with Gasteiger partial charge in [0.1, 0.15) is 11.5 Å². The Morgan fingerprint density at radius 1 is 1.14 bits per heavy atom. The molecule has 3 N–H and O–H groups in total. The van der Waals surface area contributed by atoms with Gasteiger partial charge >= 0.3 is 0 Å². The van der Waals surface area contributed by atoms with E-state index >= 15 is 0 Å². The van der Waals surface area contributed by atoms with Gasteiger partial charge in [0.25, 0.3) is 5.91 Å². The molecule has 0 spiro atoms. The Morgan fingerprint density at radius 3 is 2.52 bits per heavy atom. The zero-order valence-electron chi connectivity index (χ0n) is 11.6. The van der Waals surface area contributed by atoms with E-state index in [9.17, 15) is 4.79 Å². The maximum atomic E-state index is 12.2. The molecule has 21 heavy (non-hydrogen) atoms. The van der Waals surface area contributed by atoms with Crippen molar-refractivity contribution < 1.29 is 14.3 Å². The average molecular weight is 351 g/mol. The lowest BCUT2D eigenvalue weighted by Gasteiger charge is -2.10. The Labute approximate surface area is 131 Å². The molecule has 0 radical (unpaired) electrons. The van der Waals surface area contributed by atoms with Gasteiger partial charge in [-0.15, -0.1) is 0 Å². The molecule has 2 aromatic rings. The zero-order valence-corrected chi connectivity index (χ0v) is 13.2. The Bertz CT molecular complexity index is 674. The van der Waals surface area contributed by atoms with Crippen molar-refractivity contribution in [3.05, 3.63) is 46.4 Å². The summed E-state index contributed by atoms with van der Waals surface area (Å²) in [7, 11) is 3.11. The lowest BCUT2D eigenvalue weighted by Crippen LogP contribution is -2.14. The highest BCUT2D eigenvalue weighted by Gasteiger charge is 2.12. The van der Waals surface area contributed by atoms with Gasteiger partial charge in [0.05, 0.1) is 24.3 Å². The number of ether oxygens (including phenoxy) is 2. The molecule has 0 saturated carbocycles. The molecule has 0 heterocycles. The molecule has 2 rings (SSSR count). The van der Waals surface area contributed by atoms with Crippen molar-refractivity contribution in [2.75, 3.05) is 25.3 Å². The van der Waals surface area contributed by atoms with Gasteiger partial charge in [-0.05, 0) is 40.2 Å². The van der Waals surface area contributed by atoms with Crippen LogP contribution in [-0.2, 0) is 0 Å². The van der Waals surface area contributed by atoms with Crippen molar-refractivity contribution in [1.82, 2.24) is 0 Å². The van der Waals surface area contributed by atoms with E-state index in [2.05, 4.69) is 21.2 Å². The highest BCUT2D eigenvalue weighted by molar-refractivity contribution is 9.10. The van der Waals surface area contributed by atoms with Crippen LogP contribution in [0.1, 0.15) is 10.4 Å². The van der Waals surface area contributed by atoms with Gasteiger partial charge in [0.15, 0.2) is 0 Å². The third-order valence-corrected chi connectivity index (χ3v) is 3.57. The van der Waals surface area contributed by atoms with Crippen LogP contribution in [0.3, 0.4) is 0 Å². The van der Waals surface area contributed by atoms with Crippen molar-refractivity contribution in [1.29, 1.82) is 0 Å². The van der Waals surface area contributed by atoms with Gasteiger partial charge in [0, 0.05) is 23.5 Å². The van der Waals surface area contributed by atoms with Crippen molar-refractivity contribution in [3.63, 3.8) is 0 Å². The second-order valence-corrected chi connectivity index (χ2v) is 5.11. The molecule has 0 bridgehead atoms. The number of nitrogen functional groups attached to an aromatic ring is 1. The quantitative estimate of drug-likeness (QED) is 0.829. The second-order valence-electron chi connectivity index (χ2n) is 4.26. The molecule has 1 amide bonds. The molecule has 0 unspecified atom stereocenters. The van der Waals surface area contributed by atoms with E-state index in [4.69, 9.17) is 15.2 Å². The van der Waals surface area contributed by atoms with E-state index in [-0.39, 0.29) is 5.91 Å². The Hall–Kier alpha value is -2.21. The number of carbonyl (C=O) groups is 1. The maximum absolute atomic E-state index is 12.2.